The van der Waals surface area contributed by atoms with Crippen molar-refractivity contribution >= 4 is 35.0 Å². The van der Waals surface area contributed by atoms with Crippen LogP contribution in [0.15, 0.2) is 84.1 Å². The number of carbonyl (C=O) groups is 4. The van der Waals surface area contributed by atoms with Crippen LogP contribution in [-0.4, -0.2) is 35.8 Å². The molecule has 0 saturated carbocycles. The minimum atomic E-state index is -1.08. The number of nitrogens with one attached hydrogen (secondary N) is 1. The molecule has 1 aliphatic heterocycles. The Morgan fingerprint density at radius 1 is 0.925 bits per heavy atom. The van der Waals surface area contributed by atoms with E-state index in [1.165, 1.54) is 12.0 Å². The van der Waals surface area contributed by atoms with E-state index in [0.717, 1.165) is 16.8 Å². The van der Waals surface area contributed by atoms with Gasteiger partial charge in [-0.3, -0.25) is 19.3 Å². The average Bonchev–Trinajstić information content (AvgIpc) is 3.10. The molecule has 5 rings (SSSR count). The second kappa shape index (κ2) is 11.2. The molecule has 40 heavy (non-hydrogen) atoms. The fourth-order valence-electron chi connectivity index (χ4n) is 5.51. The Morgan fingerprint density at radius 2 is 1.60 bits per heavy atom. The van der Waals surface area contributed by atoms with Gasteiger partial charge in [-0.05, 0) is 54.7 Å². The maximum atomic E-state index is 14.0. The third-order valence-electron chi connectivity index (χ3n) is 7.51. The summed E-state index contributed by atoms with van der Waals surface area (Å²) in [5.74, 6) is -2.12. The van der Waals surface area contributed by atoms with Crippen LogP contribution in [0, 0.1) is 6.92 Å². The van der Waals surface area contributed by atoms with E-state index in [4.69, 9.17) is 4.74 Å². The number of amides is 1. The molecule has 2 atom stereocenters. The number of carboxylic acid groups (broad SMARTS) is 1. The molecule has 2 N–H and O–H groups in total. The fourth-order valence-corrected chi connectivity index (χ4v) is 5.51. The van der Waals surface area contributed by atoms with E-state index < -0.39 is 23.9 Å². The van der Waals surface area contributed by atoms with Crippen LogP contribution in [0.3, 0.4) is 0 Å². The maximum absolute atomic E-state index is 14.0. The summed E-state index contributed by atoms with van der Waals surface area (Å²) in [7, 11) is 1.30. The van der Waals surface area contributed by atoms with Gasteiger partial charge in [-0.15, -0.1) is 0 Å². The molecule has 2 aliphatic rings. The molecule has 0 fully saturated rings. The van der Waals surface area contributed by atoms with Crippen LogP contribution in [0.4, 0.5) is 11.4 Å². The monoisotopic (exact) mass is 538 g/mol. The van der Waals surface area contributed by atoms with Gasteiger partial charge >= 0.3 is 11.9 Å². The first-order chi connectivity index (χ1) is 19.3. The largest absolute Gasteiger partial charge is 0.481 e. The van der Waals surface area contributed by atoms with Crippen LogP contribution in [0.2, 0.25) is 0 Å². The molecule has 1 aliphatic carbocycles. The number of carboxylic acids is 1. The van der Waals surface area contributed by atoms with Crippen molar-refractivity contribution in [3.8, 4) is 0 Å². The van der Waals surface area contributed by atoms with Gasteiger partial charge < -0.3 is 15.2 Å². The molecular formula is C32H30N2O6. The van der Waals surface area contributed by atoms with Gasteiger partial charge in [0, 0.05) is 24.1 Å². The summed E-state index contributed by atoms with van der Waals surface area (Å²) < 4.78 is 4.83. The average molecular weight is 539 g/mol. The summed E-state index contributed by atoms with van der Waals surface area (Å²) in [5, 5.41) is 12.8. The summed E-state index contributed by atoms with van der Waals surface area (Å²) in [6, 6.07) is 21.3. The van der Waals surface area contributed by atoms with Crippen LogP contribution in [0.1, 0.15) is 64.7 Å². The summed E-state index contributed by atoms with van der Waals surface area (Å²) >= 11 is 0. The number of Topliss-reactive ketones (excluding diaryl/α,β-unsaturated/α-hetero) is 1. The number of fused-ring (bicyclic) bond motifs is 1. The Bertz CT molecular complexity index is 1510. The minimum absolute atomic E-state index is 0.0388. The Hall–Kier alpha value is -4.72. The molecule has 0 unspecified atom stereocenters. The highest BCUT2D eigenvalue weighted by molar-refractivity contribution is 6.06. The minimum Gasteiger partial charge on any atom is -0.481 e. The zero-order valence-corrected chi connectivity index (χ0v) is 22.3. The van der Waals surface area contributed by atoms with Crippen LogP contribution in [0.25, 0.3) is 0 Å². The Morgan fingerprint density at radius 3 is 2.27 bits per heavy atom. The number of ketones is 1. The number of rotatable bonds is 6. The van der Waals surface area contributed by atoms with Gasteiger partial charge in [0.1, 0.15) is 0 Å². The molecule has 0 saturated heterocycles. The fraction of sp³-hybridized carbons (Fsp3) is 0.250. The number of hydrogen-bond acceptors (Lipinski definition) is 6. The van der Waals surface area contributed by atoms with Crippen LogP contribution < -0.4 is 10.2 Å². The predicted octanol–water partition coefficient (Wildman–Crippen LogP) is 5.55. The zero-order valence-electron chi connectivity index (χ0n) is 22.3. The van der Waals surface area contributed by atoms with Crippen LogP contribution >= 0.6 is 0 Å². The highest BCUT2D eigenvalue weighted by Crippen LogP contribution is 2.47. The molecule has 1 amide bonds. The number of anilines is 2. The number of ether oxygens (including phenoxy) is 1. The van der Waals surface area contributed by atoms with E-state index in [0.29, 0.717) is 34.5 Å². The number of benzene rings is 3. The molecule has 0 bridgehead atoms. The summed E-state index contributed by atoms with van der Waals surface area (Å²) in [6.07, 6.45) is 0.262. The number of aryl methyl sites for hydroxylation is 1. The van der Waals surface area contributed by atoms with Gasteiger partial charge in [0.2, 0.25) is 5.91 Å². The molecule has 3 aromatic rings. The van der Waals surface area contributed by atoms with Crippen molar-refractivity contribution in [1.29, 1.82) is 0 Å². The first-order valence-corrected chi connectivity index (χ1v) is 13.2. The zero-order chi connectivity index (χ0) is 28.4. The maximum Gasteiger partial charge on any atom is 0.337 e. The lowest BCUT2D eigenvalue weighted by atomic mass is 9.78. The van der Waals surface area contributed by atoms with Gasteiger partial charge in [-0.1, -0.05) is 54.1 Å². The van der Waals surface area contributed by atoms with Crippen molar-refractivity contribution in [3.05, 3.63) is 106 Å². The Kier molecular flexibility index (Phi) is 7.51. The molecule has 0 radical (unpaired) electrons. The van der Waals surface area contributed by atoms with Crippen molar-refractivity contribution in [1.82, 2.24) is 0 Å². The third-order valence-corrected chi connectivity index (χ3v) is 7.51. The number of aliphatic carboxylic acids is 1. The van der Waals surface area contributed by atoms with E-state index in [2.05, 4.69) is 5.32 Å². The van der Waals surface area contributed by atoms with Gasteiger partial charge in [-0.25, -0.2) is 4.79 Å². The van der Waals surface area contributed by atoms with Gasteiger partial charge in [-0.2, -0.15) is 0 Å². The second-order valence-corrected chi connectivity index (χ2v) is 10.1. The van der Waals surface area contributed by atoms with E-state index in [9.17, 15) is 24.3 Å². The Balaban J connectivity index is 1.67. The smallest absolute Gasteiger partial charge is 0.337 e. The lowest BCUT2D eigenvalue weighted by Gasteiger charge is -2.35. The second-order valence-electron chi connectivity index (χ2n) is 10.1. The summed E-state index contributed by atoms with van der Waals surface area (Å²) in [5.41, 5.74) is 5.57. The van der Waals surface area contributed by atoms with Crippen LogP contribution in [-0.2, 0) is 19.1 Å². The van der Waals surface area contributed by atoms with E-state index >= 15 is 0 Å². The molecule has 3 aromatic carbocycles. The SMILES string of the molecule is COC(=O)c1ccc([C@@H]2C3=C(C[C@@H](c4ccc(C)cc4)CC3=O)Nc3ccccc3N2C(=O)CCC(=O)O)cc1. The number of allylic oxidation sites excluding steroid dienone is 1. The van der Waals surface area contributed by atoms with Crippen molar-refractivity contribution in [2.45, 2.75) is 44.6 Å². The highest BCUT2D eigenvalue weighted by atomic mass is 16.5. The molecule has 8 nitrogen and oxygen atoms in total. The number of esters is 1. The number of hydrogen-bond donors (Lipinski definition) is 2. The lowest BCUT2D eigenvalue weighted by Crippen LogP contribution is -2.38. The molecule has 0 aromatic heterocycles. The van der Waals surface area contributed by atoms with Crippen molar-refractivity contribution in [2.75, 3.05) is 17.3 Å². The van der Waals surface area contributed by atoms with Crippen LogP contribution in [0.5, 0.6) is 0 Å². The quantitative estimate of drug-likeness (QED) is 0.396. The van der Waals surface area contributed by atoms with Gasteiger partial charge in [0.05, 0.1) is 36.5 Å². The number of para-hydroxylation sites is 2. The molecule has 0 spiro atoms. The van der Waals surface area contributed by atoms with E-state index in [1.54, 1.807) is 36.4 Å². The number of methoxy groups -OCH3 is 1. The van der Waals surface area contributed by atoms with Gasteiger partial charge in [0.15, 0.2) is 5.78 Å². The molecule has 8 heteroatoms. The van der Waals surface area contributed by atoms with Crippen molar-refractivity contribution < 1.29 is 29.0 Å². The first-order valence-electron chi connectivity index (χ1n) is 13.2. The highest BCUT2D eigenvalue weighted by Gasteiger charge is 2.41. The van der Waals surface area contributed by atoms with E-state index in [1.807, 2.05) is 43.3 Å². The Labute approximate surface area is 232 Å². The van der Waals surface area contributed by atoms with E-state index in [-0.39, 0.29) is 31.0 Å². The first kappa shape index (κ1) is 26.9. The number of carbonyl (C=O) groups excluding carboxylic acids is 3. The number of nitrogens with zero attached hydrogens (tertiary/aromatic N) is 1. The van der Waals surface area contributed by atoms with Crippen molar-refractivity contribution in [2.24, 2.45) is 0 Å². The molecule has 1 heterocycles. The molecular weight excluding hydrogens is 508 g/mol. The van der Waals surface area contributed by atoms with Crippen molar-refractivity contribution in [3.63, 3.8) is 0 Å². The third kappa shape index (κ3) is 5.25. The lowest BCUT2D eigenvalue weighted by molar-refractivity contribution is -0.138. The molecule has 204 valence electrons. The summed E-state index contributed by atoms with van der Waals surface area (Å²) in [6.45, 7) is 2.02. The normalized spacial score (nSPS) is 18.2. The predicted molar refractivity (Wildman–Crippen MR) is 150 cm³/mol. The van der Waals surface area contributed by atoms with Gasteiger partial charge in [0.25, 0.3) is 0 Å². The topological polar surface area (TPSA) is 113 Å². The standard InChI is InChI=1S/C32H30N2O6/c1-19-7-9-20(10-8-19)23-17-25-30(27(35)18-23)31(21-11-13-22(14-12-21)32(39)40-2)34(28(36)15-16-29(37)38)26-6-4-3-5-24(26)33-25/h3-14,23,31,33H,15-18H2,1-2H3,(H,37,38)/t23-,31-/m1/s1. The summed E-state index contributed by atoms with van der Waals surface area (Å²) in [4.78, 5) is 52.8.